The molecule has 0 aliphatic heterocycles. The minimum Gasteiger partial charge on any atom is -0.508 e. The number of hydrogen-bond acceptors (Lipinski definition) is 5. The van der Waals surface area contributed by atoms with Gasteiger partial charge in [-0.1, -0.05) is 55.5 Å². The molecule has 1 N–H and O–H groups in total. The van der Waals surface area contributed by atoms with Crippen molar-refractivity contribution < 1.29 is 14.6 Å². The molecule has 1 aromatic heterocycles. The topological polar surface area (TPSA) is 64.4 Å². The minimum atomic E-state index is -0.555. The number of aromatic hydroxyl groups is 1. The second-order valence-corrected chi connectivity index (χ2v) is 12.7. The molecule has 0 amide bonds. The van der Waals surface area contributed by atoms with E-state index >= 15 is 0 Å². The van der Waals surface area contributed by atoms with Gasteiger partial charge in [0.2, 0.25) is 0 Å². The normalized spacial score (nSPS) is 11.6. The highest BCUT2D eigenvalue weighted by Gasteiger charge is 2.21. The first-order chi connectivity index (χ1) is 20.1. The fraction of sp³-hybridized carbons (Fsp3) is 0.278. The van der Waals surface area contributed by atoms with Gasteiger partial charge in [0.15, 0.2) is 0 Å². The van der Waals surface area contributed by atoms with Crippen molar-refractivity contribution in [2.24, 2.45) is 0 Å². The number of nitrogens with zero attached hydrogens (tertiary/aromatic N) is 2. The van der Waals surface area contributed by atoms with Crippen LogP contribution < -0.4 is 0 Å². The Hall–Kier alpha value is -4.03. The Bertz CT molecular complexity index is 1700. The first-order valence-electron chi connectivity index (χ1n) is 14.4. The van der Waals surface area contributed by atoms with Crippen LogP contribution in [0.1, 0.15) is 67.0 Å². The maximum atomic E-state index is 12.9. The number of benzene rings is 4. The highest BCUT2D eigenvalue weighted by molar-refractivity contribution is 7.98. The van der Waals surface area contributed by atoms with E-state index in [0.29, 0.717) is 12.1 Å². The van der Waals surface area contributed by atoms with E-state index in [4.69, 9.17) is 9.72 Å². The number of ether oxygens (including phenoxy) is 1. The van der Waals surface area contributed by atoms with Crippen molar-refractivity contribution in [3.63, 3.8) is 0 Å². The van der Waals surface area contributed by atoms with E-state index in [0.717, 1.165) is 51.5 Å². The van der Waals surface area contributed by atoms with Crippen molar-refractivity contribution in [1.82, 2.24) is 9.55 Å². The summed E-state index contributed by atoms with van der Waals surface area (Å²) in [7, 11) is 0. The van der Waals surface area contributed by atoms with Gasteiger partial charge >= 0.3 is 5.97 Å². The maximum Gasteiger partial charge on any atom is 0.339 e. The predicted octanol–water partition coefficient (Wildman–Crippen LogP) is 8.97. The molecule has 0 bridgehead atoms. The Labute approximate surface area is 252 Å². The molecular weight excluding hydrogens is 540 g/mol. The van der Waals surface area contributed by atoms with Gasteiger partial charge in [0.05, 0.1) is 16.6 Å². The van der Waals surface area contributed by atoms with Crippen LogP contribution in [0.4, 0.5) is 0 Å². The molecule has 216 valence electrons. The number of esters is 1. The summed E-state index contributed by atoms with van der Waals surface area (Å²) in [6.45, 7) is 10.7. The van der Waals surface area contributed by atoms with Crippen LogP contribution in [0.5, 0.6) is 5.75 Å². The Morgan fingerprint density at radius 1 is 0.952 bits per heavy atom. The summed E-state index contributed by atoms with van der Waals surface area (Å²) in [5.41, 5.74) is 7.67. The summed E-state index contributed by atoms with van der Waals surface area (Å²) in [5.74, 6) is 1.90. The summed E-state index contributed by atoms with van der Waals surface area (Å²) in [6.07, 6.45) is 1.93. The van der Waals surface area contributed by atoms with Crippen molar-refractivity contribution in [3.05, 3.63) is 113 Å². The standard InChI is InChI=1S/C36H38N2O3S/c1-6-9-33-37-34-24(2)20-26(23-42-29-18-16-28(39)17-19-29)21-32(34)38(33)22-25-12-14-27(15-13-25)30-10-7-8-11-31(30)35(40)41-36(3,4)5/h7-8,10-21,39H,6,9,22-23H2,1-5H3. The Morgan fingerprint density at radius 3 is 2.36 bits per heavy atom. The third-order valence-corrected chi connectivity index (χ3v) is 8.13. The highest BCUT2D eigenvalue weighted by atomic mass is 32.2. The Kier molecular flexibility index (Phi) is 8.74. The third kappa shape index (κ3) is 6.88. The quantitative estimate of drug-likeness (QED) is 0.140. The number of phenols is 1. The number of imidazole rings is 1. The summed E-state index contributed by atoms with van der Waals surface area (Å²) in [4.78, 5) is 19.1. The number of thioether (sulfide) groups is 1. The molecule has 5 aromatic rings. The number of aryl methyl sites for hydroxylation is 2. The van der Waals surface area contributed by atoms with Crippen LogP contribution >= 0.6 is 11.8 Å². The molecule has 0 aliphatic carbocycles. The van der Waals surface area contributed by atoms with Gasteiger partial charge in [0.1, 0.15) is 17.2 Å². The highest BCUT2D eigenvalue weighted by Crippen LogP contribution is 2.30. The van der Waals surface area contributed by atoms with E-state index in [1.54, 1.807) is 23.9 Å². The van der Waals surface area contributed by atoms with Gasteiger partial charge in [0, 0.05) is 23.6 Å². The summed E-state index contributed by atoms with van der Waals surface area (Å²) >= 11 is 1.76. The van der Waals surface area contributed by atoms with Gasteiger partial charge in [-0.05, 0) is 98.3 Å². The average Bonchev–Trinajstić information content (AvgIpc) is 3.29. The van der Waals surface area contributed by atoms with Gasteiger partial charge in [-0.3, -0.25) is 0 Å². The number of rotatable bonds is 9. The van der Waals surface area contributed by atoms with Crippen LogP contribution in [0, 0.1) is 6.92 Å². The molecule has 4 aromatic carbocycles. The van der Waals surface area contributed by atoms with Crippen LogP contribution in [0.3, 0.4) is 0 Å². The lowest BCUT2D eigenvalue weighted by Gasteiger charge is -2.20. The molecule has 0 radical (unpaired) electrons. The van der Waals surface area contributed by atoms with Gasteiger partial charge in [0.25, 0.3) is 0 Å². The molecule has 0 saturated carbocycles. The molecular formula is C36H38N2O3S. The molecule has 1 heterocycles. The van der Waals surface area contributed by atoms with Crippen molar-refractivity contribution in [2.45, 2.75) is 70.3 Å². The van der Waals surface area contributed by atoms with E-state index in [1.165, 1.54) is 16.7 Å². The zero-order chi connectivity index (χ0) is 29.9. The fourth-order valence-electron chi connectivity index (χ4n) is 5.12. The van der Waals surface area contributed by atoms with Crippen molar-refractivity contribution in [2.75, 3.05) is 0 Å². The second kappa shape index (κ2) is 12.5. The predicted molar refractivity (Wildman–Crippen MR) is 172 cm³/mol. The lowest BCUT2D eigenvalue weighted by atomic mass is 9.98. The first kappa shape index (κ1) is 29.5. The fourth-order valence-corrected chi connectivity index (χ4v) is 5.94. The van der Waals surface area contributed by atoms with E-state index in [2.05, 4.69) is 54.8 Å². The number of carbonyl (C=O) groups is 1. The molecule has 5 nitrogen and oxygen atoms in total. The number of fused-ring (bicyclic) bond motifs is 1. The van der Waals surface area contributed by atoms with Gasteiger partial charge < -0.3 is 14.4 Å². The van der Waals surface area contributed by atoms with E-state index < -0.39 is 5.60 Å². The minimum absolute atomic E-state index is 0.282. The van der Waals surface area contributed by atoms with Crippen LogP contribution in [0.2, 0.25) is 0 Å². The van der Waals surface area contributed by atoms with Crippen LogP contribution in [0.25, 0.3) is 22.2 Å². The summed E-state index contributed by atoms with van der Waals surface area (Å²) < 4.78 is 8.01. The van der Waals surface area contributed by atoms with Gasteiger partial charge in [-0.25, -0.2) is 9.78 Å². The lowest BCUT2D eigenvalue weighted by Crippen LogP contribution is -2.24. The molecule has 0 aliphatic rings. The zero-order valence-corrected chi connectivity index (χ0v) is 25.8. The largest absolute Gasteiger partial charge is 0.508 e. The van der Waals surface area contributed by atoms with Crippen LogP contribution in [-0.4, -0.2) is 26.2 Å². The Morgan fingerprint density at radius 2 is 1.67 bits per heavy atom. The third-order valence-electron chi connectivity index (χ3n) is 7.05. The Balaban J connectivity index is 1.43. The van der Waals surface area contributed by atoms with E-state index in [-0.39, 0.29) is 11.7 Å². The monoisotopic (exact) mass is 578 g/mol. The van der Waals surface area contributed by atoms with Crippen LogP contribution in [0.15, 0.2) is 89.8 Å². The molecule has 6 heteroatoms. The molecule has 0 unspecified atom stereocenters. The smallest absolute Gasteiger partial charge is 0.339 e. The van der Waals surface area contributed by atoms with Crippen LogP contribution in [-0.2, 0) is 23.5 Å². The number of phenolic OH excluding ortho intramolecular Hbond substituents is 1. The van der Waals surface area contributed by atoms with Gasteiger partial charge in [-0.15, -0.1) is 11.8 Å². The summed E-state index contributed by atoms with van der Waals surface area (Å²) in [5, 5.41) is 9.60. The SMILES string of the molecule is CCCc1nc2c(C)cc(CSc3ccc(O)cc3)cc2n1Cc1ccc(-c2ccccc2C(=O)OC(C)(C)C)cc1. The zero-order valence-electron chi connectivity index (χ0n) is 25.0. The maximum absolute atomic E-state index is 12.9. The van der Waals surface area contributed by atoms with Gasteiger partial charge in [-0.2, -0.15) is 0 Å². The van der Waals surface area contributed by atoms with E-state index in [9.17, 15) is 9.90 Å². The van der Waals surface area contributed by atoms with E-state index in [1.807, 2.05) is 57.2 Å². The number of hydrogen-bond donors (Lipinski definition) is 1. The van der Waals surface area contributed by atoms with Crippen molar-refractivity contribution >= 4 is 28.8 Å². The molecule has 0 fully saturated rings. The first-order valence-corrected chi connectivity index (χ1v) is 15.4. The van der Waals surface area contributed by atoms with Crippen molar-refractivity contribution in [1.29, 1.82) is 0 Å². The summed E-state index contributed by atoms with van der Waals surface area (Å²) in [6, 6.07) is 27.9. The molecule has 0 saturated heterocycles. The van der Waals surface area contributed by atoms with Crippen molar-refractivity contribution in [3.8, 4) is 16.9 Å². The molecule has 0 spiro atoms. The number of carbonyl (C=O) groups excluding carboxylic acids is 1. The molecule has 42 heavy (non-hydrogen) atoms. The average molecular weight is 579 g/mol. The number of aromatic nitrogens is 2. The molecule has 5 rings (SSSR count). The lowest BCUT2D eigenvalue weighted by molar-refractivity contribution is 0.00704. The second-order valence-electron chi connectivity index (χ2n) is 11.7. The molecule has 0 atom stereocenters.